The van der Waals surface area contributed by atoms with Crippen LogP contribution in [-0.2, 0) is 23.5 Å². The van der Waals surface area contributed by atoms with E-state index >= 15 is 0 Å². The molecule has 0 bridgehead atoms. The molecule has 0 atom stereocenters. The van der Waals surface area contributed by atoms with Gasteiger partial charge in [0, 0.05) is 19.3 Å². The zero-order valence-electron chi connectivity index (χ0n) is 18.8. The number of hydrogen-bond donors (Lipinski definition) is 2. The van der Waals surface area contributed by atoms with Crippen molar-refractivity contribution in [3.8, 4) is 22.9 Å². The van der Waals surface area contributed by atoms with Crippen LogP contribution in [0.15, 0.2) is 51.0 Å². The van der Waals surface area contributed by atoms with Crippen LogP contribution >= 0.6 is 0 Å². The molecule has 3 heterocycles. The fourth-order valence-electron chi connectivity index (χ4n) is 3.68. The normalized spacial score (nSPS) is 11.7. The minimum Gasteiger partial charge on any atom is -0.508 e. The van der Waals surface area contributed by atoms with Crippen LogP contribution < -0.4 is 15.9 Å². The number of aromatic amines is 1. The van der Waals surface area contributed by atoms with Gasteiger partial charge >= 0.3 is 0 Å². The van der Waals surface area contributed by atoms with Gasteiger partial charge in [-0.05, 0) is 37.6 Å². The van der Waals surface area contributed by atoms with Gasteiger partial charge in [-0.1, -0.05) is 13.3 Å². The number of aryl methyl sites for hydroxylation is 2. The van der Waals surface area contributed by atoms with Crippen molar-refractivity contribution in [2.45, 2.75) is 31.6 Å². The summed E-state index contributed by atoms with van der Waals surface area (Å²) in [6.45, 7) is 4.04. The summed E-state index contributed by atoms with van der Waals surface area (Å²) >= 11 is 0. The second-order valence-corrected chi connectivity index (χ2v) is 9.36. The lowest BCUT2D eigenvalue weighted by atomic mass is 10.1. The standard InChI is InChI=1S/C22H23N5O6S/c1-4-6-16-19-20(26(3)25-16)22(30)24-21(23-19)15-12-14(7-8-17(15)33-5-2)34(31,32)27-10-9-13(28)11-18(27)29/h7-12,28H,4-6H2,1-3H3,(H,23,24,30). The van der Waals surface area contributed by atoms with Crippen LogP contribution in [0.4, 0.5) is 0 Å². The first kappa shape index (κ1) is 23.2. The van der Waals surface area contributed by atoms with Crippen molar-refractivity contribution >= 4 is 21.1 Å². The number of aromatic nitrogens is 5. The Balaban J connectivity index is 1.95. The lowest BCUT2D eigenvalue weighted by Crippen LogP contribution is -2.26. The third-order valence-electron chi connectivity index (χ3n) is 5.18. The van der Waals surface area contributed by atoms with Crippen LogP contribution in [0, 0.1) is 0 Å². The highest BCUT2D eigenvalue weighted by atomic mass is 32.2. The van der Waals surface area contributed by atoms with Gasteiger partial charge in [-0.25, -0.2) is 17.4 Å². The van der Waals surface area contributed by atoms with Gasteiger partial charge in [0.15, 0.2) is 5.52 Å². The Hall–Kier alpha value is -3.93. The van der Waals surface area contributed by atoms with Crippen molar-refractivity contribution in [3.63, 3.8) is 0 Å². The van der Waals surface area contributed by atoms with Crippen LogP contribution in [0.5, 0.6) is 11.5 Å². The van der Waals surface area contributed by atoms with Crippen molar-refractivity contribution in [3.05, 3.63) is 62.9 Å². The topological polar surface area (TPSA) is 149 Å². The molecule has 12 heteroatoms. The molecule has 4 rings (SSSR count). The number of rotatable bonds is 7. The molecule has 178 valence electrons. The Kier molecular flexibility index (Phi) is 6.00. The fraction of sp³-hybridized carbons (Fsp3) is 0.273. The molecule has 0 unspecified atom stereocenters. The van der Waals surface area contributed by atoms with Gasteiger partial charge in [-0.2, -0.15) is 5.10 Å². The van der Waals surface area contributed by atoms with E-state index in [4.69, 9.17) is 4.74 Å². The summed E-state index contributed by atoms with van der Waals surface area (Å²) in [6, 6.07) is 5.93. The highest BCUT2D eigenvalue weighted by Crippen LogP contribution is 2.31. The average molecular weight is 486 g/mol. The summed E-state index contributed by atoms with van der Waals surface area (Å²) in [6.07, 6.45) is 2.39. The van der Waals surface area contributed by atoms with E-state index in [2.05, 4.69) is 15.1 Å². The molecule has 1 aromatic carbocycles. The van der Waals surface area contributed by atoms with Gasteiger partial charge in [0.1, 0.15) is 22.8 Å². The minimum absolute atomic E-state index is 0.112. The molecule has 0 saturated heterocycles. The molecule has 34 heavy (non-hydrogen) atoms. The number of benzene rings is 1. The molecule has 0 amide bonds. The third kappa shape index (κ3) is 3.96. The first-order valence-electron chi connectivity index (χ1n) is 10.6. The van der Waals surface area contributed by atoms with Crippen LogP contribution in [0.1, 0.15) is 26.0 Å². The quantitative estimate of drug-likeness (QED) is 0.402. The monoisotopic (exact) mass is 485 g/mol. The summed E-state index contributed by atoms with van der Waals surface area (Å²) in [5.74, 6) is 0.0719. The summed E-state index contributed by atoms with van der Waals surface area (Å²) in [5, 5.41) is 13.9. The van der Waals surface area contributed by atoms with E-state index in [-0.39, 0.29) is 28.6 Å². The lowest BCUT2D eigenvalue weighted by molar-refractivity contribution is 0.341. The van der Waals surface area contributed by atoms with E-state index in [1.165, 1.54) is 22.9 Å². The van der Waals surface area contributed by atoms with Crippen molar-refractivity contribution in [1.82, 2.24) is 23.7 Å². The molecular formula is C22H23N5O6S. The summed E-state index contributed by atoms with van der Waals surface area (Å²) < 4.78 is 34.0. The maximum absolute atomic E-state index is 13.2. The summed E-state index contributed by atoms with van der Waals surface area (Å²) in [5.41, 5.74) is 0.286. The molecule has 2 N–H and O–H groups in total. The first-order valence-corrected chi connectivity index (χ1v) is 12.0. The van der Waals surface area contributed by atoms with Crippen molar-refractivity contribution in [1.29, 1.82) is 0 Å². The van der Waals surface area contributed by atoms with Crippen LogP contribution in [0.25, 0.3) is 22.4 Å². The highest BCUT2D eigenvalue weighted by molar-refractivity contribution is 7.90. The molecule has 0 aliphatic heterocycles. The predicted octanol–water partition coefficient (Wildman–Crippen LogP) is 1.78. The number of aromatic hydroxyl groups is 1. The molecule has 11 nitrogen and oxygen atoms in total. The second-order valence-electron chi connectivity index (χ2n) is 7.55. The van der Waals surface area contributed by atoms with E-state index < -0.39 is 21.1 Å². The second kappa shape index (κ2) is 8.78. The predicted molar refractivity (Wildman–Crippen MR) is 125 cm³/mol. The van der Waals surface area contributed by atoms with Crippen molar-refractivity contribution in [2.75, 3.05) is 6.61 Å². The molecule has 0 radical (unpaired) electrons. The Morgan fingerprint density at radius 3 is 2.59 bits per heavy atom. The van der Waals surface area contributed by atoms with Crippen LogP contribution in [0.2, 0.25) is 0 Å². The minimum atomic E-state index is -4.31. The smallest absolute Gasteiger partial charge is 0.277 e. The Labute approximate surface area is 194 Å². The third-order valence-corrected chi connectivity index (χ3v) is 6.85. The molecular weight excluding hydrogens is 462 g/mol. The van der Waals surface area contributed by atoms with E-state index in [1.807, 2.05) is 6.92 Å². The molecule has 0 fully saturated rings. The number of fused-ring (bicyclic) bond motifs is 1. The van der Waals surface area contributed by atoms with Crippen molar-refractivity contribution in [2.24, 2.45) is 7.05 Å². The maximum Gasteiger partial charge on any atom is 0.277 e. The number of ether oxygens (including phenoxy) is 1. The molecule has 0 aliphatic rings. The number of nitrogens with one attached hydrogen (secondary N) is 1. The van der Waals surface area contributed by atoms with E-state index in [0.717, 1.165) is 24.8 Å². The van der Waals surface area contributed by atoms with Gasteiger partial charge in [-0.15, -0.1) is 0 Å². The Bertz CT molecular complexity index is 1620. The van der Waals surface area contributed by atoms with Gasteiger partial charge in [-0.3, -0.25) is 14.3 Å². The molecule has 0 saturated carbocycles. The zero-order valence-corrected chi connectivity index (χ0v) is 19.6. The summed E-state index contributed by atoms with van der Waals surface area (Å²) in [4.78, 5) is 32.2. The van der Waals surface area contributed by atoms with Gasteiger partial charge in [0.05, 0.1) is 22.8 Å². The zero-order chi connectivity index (χ0) is 24.6. The lowest BCUT2D eigenvalue weighted by Gasteiger charge is -2.13. The van der Waals surface area contributed by atoms with E-state index in [9.17, 15) is 23.1 Å². The molecule has 3 aromatic heterocycles. The Morgan fingerprint density at radius 2 is 1.91 bits per heavy atom. The number of hydrogen-bond acceptors (Lipinski definition) is 8. The van der Waals surface area contributed by atoms with Gasteiger partial charge < -0.3 is 14.8 Å². The molecule has 4 aromatic rings. The Morgan fingerprint density at radius 1 is 1.15 bits per heavy atom. The number of H-pyrrole nitrogens is 1. The van der Waals surface area contributed by atoms with E-state index in [0.29, 0.717) is 32.9 Å². The number of nitrogens with zero attached hydrogens (tertiary/aromatic N) is 4. The largest absolute Gasteiger partial charge is 0.508 e. The van der Waals surface area contributed by atoms with Crippen molar-refractivity contribution < 1.29 is 18.3 Å². The van der Waals surface area contributed by atoms with Crippen LogP contribution in [-0.4, -0.2) is 43.9 Å². The fourth-order valence-corrected chi connectivity index (χ4v) is 4.93. The van der Waals surface area contributed by atoms with E-state index in [1.54, 1.807) is 14.0 Å². The SMILES string of the molecule is CCCc1nn(C)c2c(=O)[nH]c(-c3cc(S(=O)(=O)n4ccc(O)cc4=O)ccc3OCC)nc12. The molecule has 0 aliphatic carbocycles. The maximum atomic E-state index is 13.2. The first-order chi connectivity index (χ1) is 16.2. The van der Waals surface area contributed by atoms with Gasteiger partial charge in [0.25, 0.3) is 21.1 Å². The van der Waals surface area contributed by atoms with Crippen LogP contribution in [0.3, 0.4) is 0 Å². The van der Waals surface area contributed by atoms with Gasteiger partial charge in [0.2, 0.25) is 0 Å². The average Bonchev–Trinajstić information content (AvgIpc) is 3.09. The number of pyridine rings is 1. The highest BCUT2D eigenvalue weighted by Gasteiger charge is 2.23. The molecule has 0 spiro atoms. The summed E-state index contributed by atoms with van der Waals surface area (Å²) in [7, 11) is -2.65.